The lowest BCUT2D eigenvalue weighted by Crippen LogP contribution is -2.44. The third kappa shape index (κ3) is 7.19. The summed E-state index contributed by atoms with van der Waals surface area (Å²) < 4.78 is 40.6. The van der Waals surface area contributed by atoms with Gasteiger partial charge < -0.3 is 14.9 Å². The number of unbranched alkanes of at least 4 members (excludes halogenated alkanes) is 2. The summed E-state index contributed by atoms with van der Waals surface area (Å²) in [4.78, 5) is 15.5. The fraction of sp³-hybridized carbons (Fsp3) is 0.450. The van der Waals surface area contributed by atoms with Gasteiger partial charge in [0.1, 0.15) is 0 Å². The van der Waals surface area contributed by atoms with E-state index in [1.165, 1.54) is 22.9 Å². The summed E-state index contributed by atoms with van der Waals surface area (Å²) in [6.07, 6.45) is 10.8. The molecule has 0 unspecified atom stereocenters. The molecule has 0 saturated heterocycles. The maximum atomic E-state index is 12.1. The second-order valence-electron chi connectivity index (χ2n) is 15.5. The Labute approximate surface area is 291 Å². The van der Waals surface area contributed by atoms with Gasteiger partial charge in [-0.05, 0) is 103 Å². The number of anilines is 2. The van der Waals surface area contributed by atoms with E-state index >= 15 is 0 Å². The maximum absolute atomic E-state index is 12.1. The number of carboxylic acid groups (broad SMARTS) is 1. The Balaban J connectivity index is 1.61. The Kier molecular flexibility index (Phi) is 9.69. The van der Waals surface area contributed by atoms with Gasteiger partial charge in [-0.25, -0.2) is 4.42 Å². The van der Waals surface area contributed by atoms with Crippen molar-refractivity contribution in [3.8, 4) is 0 Å². The van der Waals surface area contributed by atoms with Gasteiger partial charge in [-0.15, -0.1) is 0 Å². The highest BCUT2D eigenvalue weighted by Crippen LogP contribution is 2.49. The van der Waals surface area contributed by atoms with Crippen LogP contribution in [-0.4, -0.2) is 42.7 Å². The number of rotatable bonds is 10. The summed E-state index contributed by atoms with van der Waals surface area (Å²) in [6.45, 7) is 20.9. The zero-order valence-corrected chi connectivity index (χ0v) is 31.2. The SMILES string of the molecule is CCN1c2cc3[o+]c(C(C)(C)C)cc(/C=C/C=C4/N(CCCCCC(=O)O)c5ccc(S(=O)(=O)O)cc5C4(C)C)c3cc2C(C)=CC1(C)C. The van der Waals surface area contributed by atoms with Crippen molar-refractivity contribution >= 4 is 50.1 Å². The largest absolute Gasteiger partial charge is 0.481 e. The van der Waals surface area contributed by atoms with E-state index in [1.807, 2.05) is 0 Å². The first kappa shape index (κ1) is 36.3. The fourth-order valence-corrected chi connectivity index (χ4v) is 7.90. The smallest absolute Gasteiger partial charge is 0.362 e. The van der Waals surface area contributed by atoms with Gasteiger partial charge in [0, 0.05) is 53.5 Å². The molecule has 5 rings (SSSR count). The molecule has 2 aromatic carbocycles. The second kappa shape index (κ2) is 13.1. The predicted molar refractivity (Wildman–Crippen MR) is 200 cm³/mol. The Bertz CT molecular complexity index is 2000. The molecule has 2 aliphatic heterocycles. The van der Waals surface area contributed by atoms with Crippen molar-refractivity contribution in [3.63, 3.8) is 0 Å². The Morgan fingerprint density at radius 3 is 2.35 bits per heavy atom. The van der Waals surface area contributed by atoms with E-state index in [2.05, 4.69) is 115 Å². The van der Waals surface area contributed by atoms with Crippen LogP contribution in [0.15, 0.2) is 69.6 Å². The summed E-state index contributed by atoms with van der Waals surface area (Å²) in [5.41, 5.74) is 7.23. The van der Waals surface area contributed by atoms with Crippen molar-refractivity contribution in [1.82, 2.24) is 0 Å². The Hall–Kier alpha value is -3.95. The molecule has 2 aliphatic rings. The van der Waals surface area contributed by atoms with E-state index in [9.17, 15) is 17.8 Å². The first-order valence-corrected chi connectivity index (χ1v) is 18.6. The summed E-state index contributed by atoms with van der Waals surface area (Å²) in [6, 6.07) is 11.3. The summed E-state index contributed by atoms with van der Waals surface area (Å²) in [5, 5.41) is 10.1. The lowest BCUT2D eigenvalue weighted by molar-refractivity contribution is -0.137. The number of aliphatic carboxylic acids is 1. The standard InChI is InChI=1S/C40H50N2O6S/c1-10-42-33-24-34-30(23-29(33)26(2)25-39(42,6)7)27(21-36(48-34)38(3,4)5)15-14-16-35-40(8,9)31-22-28(49(45,46)47)18-19-32(31)41(35)20-13-11-12-17-37(43)44/h14-16,18-19,21-25H,10-13,17,20H2,1-9H3,(H-,43,44,45,46,47)/p+1/b15-14+,35-16+. The molecule has 49 heavy (non-hydrogen) atoms. The average Bonchev–Trinajstić information content (AvgIpc) is 3.19. The van der Waals surface area contributed by atoms with Crippen LogP contribution in [0.2, 0.25) is 0 Å². The number of allylic oxidation sites excluding steroid dienone is 4. The van der Waals surface area contributed by atoms with Gasteiger partial charge in [0.25, 0.3) is 10.1 Å². The zero-order chi connectivity index (χ0) is 36.1. The third-order valence-electron chi connectivity index (χ3n) is 9.92. The van der Waals surface area contributed by atoms with Crippen LogP contribution in [0.3, 0.4) is 0 Å². The molecule has 0 saturated carbocycles. The van der Waals surface area contributed by atoms with Crippen LogP contribution in [0.1, 0.15) is 110 Å². The zero-order valence-electron chi connectivity index (χ0n) is 30.3. The summed E-state index contributed by atoms with van der Waals surface area (Å²) in [5.74, 6) is 0.0807. The van der Waals surface area contributed by atoms with Crippen molar-refractivity contribution in [2.45, 2.75) is 109 Å². The second-order valence-corrected chi connectivity index (χ2v) is 16.9. The number of benzene rings is 2. The molecule has 0 aliphatic carbocycles. The van der Waals surface area contributed by atoms with Crippen LogP contribution in [0.4, 0.5) is 11.4 Å². The van der Waals surface area contributed by atoms with Gasteiger partial charge in [0.15, 0.2) is 0 Å². The molecule has 262 valence electrons. The average molecular weight is 688 g/mol. The van der Waals surface area contributed by atoms with Crippen LogP contribution in [0.5, 0.6) is 0 Å². The highest BCUT2D eigenvalue weighted by atomic mass is 32.2. The van der Waals surface area contributed by atoms with E-state index in [-0.39, 0.29) is 22.3 Å². The predicted octanol–water partition coefficient (Wildman–Crippen LogP) is 9.62. The van der Waals surface area contributed by atoms with Crippen molar-refractivity contribution < 1.29 is 27.3 Å². The minimum atomic E-state index is -4.38. The lowest BCUT2D eigenvalue weighted by Gasteiger charge is -2.42. The van der Waals surface area contributed by atoms with Gasteiger partial charge in [0.2, 0.25) is 0 Å². The minimum absolute atomic E-state index is 0.119. The topological polar surface area (TPSA) is 109 Å². The van der Waals surface area contributed by atoms with Gasteiger partial charge in [-0.3, -0.25) is 9.35 Å². The number of likely N-dealkylation sites (N-methyl/N-ethyl adjacent to an activating group) is 1. The molecule has 1 aromatic heterocycles. The Morgan fingerprint density at radius 1 is 1.00 bits per heavy atom. The molecule has 3 heterocycles. The number of nitrogens with zero attached hydrogens (tertiary/aromatic N) is 2. The molecule has 0 atom stereocenters. The van der Waals surface area contributed by atoms with Crippen LogP contribution < -0.4 is 9.80 Å². The van der Waals surface area contributed by atoms with Crippen molar-refractivity contribution in [2.75, 3.05) is 22.9 Å². The first-order valence-electron chi connectivity index (χ1n) is 17.2. The fourth-order valence-electron chi connectivity index (χ4n) is 7.39. The number of carboxylic acids is 1. The number of carbonyl (C=O) groups is 1. The Morgan fingerprint density at radius 2 is 1.71 bits per heavy atom. The molecule has 0 spiro atoms. The number of hydrogen-bond donors (Lipinski definition) is 2. The minimum Gasteiger partial charge on any atom is -0.481 e. The molecule has 0 bridgehead atoms. The molecule has 8 nitrogen and oxygen atoms in total. The molecule has 0 radical (unpaired) electrons. The normalized spacial score (nSPS) is 17.9. The van der Waals surface area contributed by atoms with E-state index in [1.54, 1.807) is 12.1 Å². The highest BCUT2D eigenvalue weighted by Gasteiger charge is 2.40. The highest BCUT2D eigenvalue weighted by molar-refractivity contribution is 7.85. The van der Waals surface area contributed by atoms with Crippen LogP contribution in [0, 0.1) is 0 Å². The van der Waals surface area contributed by atoms with Crippen molar-refractivity contribution in [3.05, 3.63) is 82.8 Å². The van der Waals surface area contributed by atoms with Gasteiger partial charge >= 0.3 is 17.3 Å². The lowest BCUT2D eigenvalue weighted by atomic mass is 9.83. The van der Waals surface area contributed by atoms with Gasteiger partial charge in [0.05, 0.1) is 33.0 Å². The number of hydrogen-bond acceptors (Lipinski definition) is 5. The maximum Gasteiger partial charge on any atom is 0.362 e. The van der Waals surface area contributed by atoms with Crippen LogP contribution in [0.25, 0.3) is 22.6 Å². The van der Waals surface area contributed by atoms with Gasteiger partial charge in [-0.1, -0.05) is 38.5 Å². The van der Waals surface area contributed by atoms with Crippen LogP contribution >= 0.6 is 0 Å². The monoisotopic (exact) mass is 687 g/mol. The van der Waals surface area contributed by atoms with Gasteiger partial charge in [-0.2, -0.15) is 8.42 Å². The molecule has 9 heteroatoms. The van der Waals surface area contributed by atoms with E-state index in [0.717, 1.165) is 58.6 Å². The van der Waals surface area contributed by atoms with Crippen molar-refractivity contribution in [2.24, 2.45) is 0 Å². The summed E-state index contributed by atoms with van der Waals surface area (Å²) >= 11 is 0. The molecule has 0 amide bonds. The van der Waals surface area contributed by atoms with Crippen molar-refractivity contribution in [1.29, 1.82) is 0 Å². The molecular formula is C40H51N2O6S+. The quantitative estimate of drug-likeness (QED) is 0.123. The molecular weight excluding hydrogens is 637 g/mol. The summed E-state index contributed by atoms with van der Waals surface area (Å²) in [7, 11) is -4.38. The third-order valence-corrected chi connectivity index (χ3v) is 10.8. The number of fused-ring (bicyclic) bond motifs is 3. The molecule has 2 N–H and O–H groups in total. The van der Waals surface area contributed by atoms with E-state index < -0.39 is 21.5 Å². The molecule has 0 fully saturated rings. The first-order chi connectivity index (χ1) is 22.8. The van der Waals surface area contributed by atoms with E-state index in [4.69, 9.17) is 9.52 Å². The molecule has 3 aromatic rings. The van der Waals surface area contributed by atoms with E-state index in [0.29, 0.717) is 13.0 Å². The van der Waals surface area contributed by atoms with Crippen LogP contribution in [-0.2, 0) is 25.7 Å².